The molecule has 2 aromatic heterocycles. The number of nitrogens with one attached hydrogen (secondary N) is 1. The smallest absolute Gasteiger partial charge is 0.329 e. The van der Waals surface area contributed by atoms with Crippen LogP contribution in [-0.2, 0) is 103 Å². The van der Waals surface area contributed by atoms with Crippen molar-refractivity contribution in [1.29, 1.82) is 0 Å². The molecule has 10 rings (SSSR count). The summed E-state index contributed by atoms with van der Waals surface area (Å²) in [6.45, 7) is 23.7. The number of unbranched alkanes of at least 4 members (excludes halogenated alkanes) is 1. The molecule has 3 fully saturated rings. The Morgan fingerprint density at radius 2 is 1.42 bits per heavy atom. The lowest BCUT2D eigenvalue weighted by Gasteiger charge is -2.43. The Morgan fingerprint density at radius 1 is 0.740 bits per heavy atom. The normalized spacial score (nSPS) is 28.4. The topological polar surface area (TPSA) is 403 Å². The zero-order valence-electron chi connectivity index (χ0n) is 77.0. The van der Waals surface area contributed by atoms with E-state index in [-0.39, 0.29) is 92.5 Å². The SMILES string of the molecule is CCO[C@@H]1C[C@@H]([C@H](C)C[C@@H]2CC[C@@H](O)[C@H](OC)C2)OC(=O)[C@@H]2CCCCN2C(=O)C(=O)[C@]2(O)O[C@@H](CC[C@H]2C)C[C@H](OC)/C(C)=C/C=C/C=C2/[C@@H](C)C[C@@H](C)C(=[N+]2OCc2cn(CCOCCOCCOCCOCCOCCOCCOCCOCCC(=O)NCCCCC3C=C(c4ccc5ocnc5c4)c4c(N)cccc43)nn2)[C@H](OC)[C@H](O)/C(C)=C/[C@H]1C.N. The molecule has 32 heteroatoms. The lowest BCUT2D eigenvalue weighted by Crippen LogP contribution is -2.61. The van der Waals surface area contributed by atoms with E-state index in [0.717, 1.165) is 70.4 Å². The maximum atomic E-state index is 15.0. The predicted octanol–water partition coefficient (Wildman–Crippen LogP) is 10.9. The van der Waals surface area contributed by atoms with Gasteiger partial charge in [0.15, 0.2) is 18.1 Å². The van der Waals surface area contributed by atoms with Gasteiger partial charge in [-0.25, -0.2) is 14.5 Å². The number of ether oxygens (including phenoxy) is 14. The number of benzene rings is 2. The van der Waals surface area contributed by atoms with Gasteiger partial charge < -0.3 is 108 Å². The molecule has 0 spiro atoms. The molecule has 2 aliphatic carbocycles. The summed E-state index contributed by atoms with van der Waals surface area (Å²) in [6, 6.07) is 11.1. The number of Topliss-reactive ketones (excluding diaryl/α,β-unsaturated/α-hetero) is 1. The van der Waals surface area contributed by atoms with Crippen LogP contribution < -0.4 is 17.2 Å². The van der Waals surface area contributed by atoms with Gasteiger partial charge in [-0.05, 0) is 156 Å². The van der Waals surface area contributed by atoms with Crippen molar-refractivity contribution >= 4 is 51.6 Å². The van der Waals surface area contributed by atoms with Gasteiger partial charge in [-0.3, -0.25) is 19.2 Å². The van der Waals surface area contributed by atoms with Gasteiger partial charge in [-0.15, -0.1) is 5.10 Å². The van der Waals surface area contributed by atoms with Crippen LogP contribution in [0.5, 0.6) is 0 Å². The van der Waals surface area contributed by atoms with Crippen LogP contribution in [0.1, 0.15) is 186 Å². The van der Waals surface area contributed by atoms with Gasteiger partial charge in [0.05, 0.1) is 149 Å². The molecular weight excluding hydrogens is 1640 g/mol. The second-order valence-electron chi connectivity index (χ2n) is 34.4. The van der Waals surface area contributed by atoms with Crippen LogP contribution in [0.4, 0.5) is 5.69 Å². The number of hydrogen-bond acceptors (Lipinski definition) is 28. The van der Waals surface area contributed by atoms with E-state index in [2.05, 4.69) is 59.6 Å². The number of fused-ring (bicyclic) bond motifs is 6. The number of nitrogens with zero attached hydrogens (tertiary/aromatic N) is 6. The first kappa shape index (κ1) is 103. The van der Waals surface area contributed by atoms with Gasteiger partial charge in [0, 0.05) is 112 Å². The molecule has 1 unspecified atom stereocenters. The lowest BCUT2D eigenvalue weighted by molar-refractivity contribution is -0.767. The number of esters is 1. The monoisotopic (exact) mass is 1780 g/mol. The number of anilines is 1. The molecule has 127 heavy (non-hydrogen) atoms. The average Bonchev–Trinajstić information content (AvgIpc) is 1.11. The van der Waals surface area contributed by atoms with Crippen molar-refractivity contribution in [1.82, 2.24) is 36.3 Å². The van der Waals surface area contributed by atoms with Crippen LogP contribution in [0.3, 0.4) is 0 Å². The highest BCUT2D eigenvalue weighted by atomic mass is 16.7. The Morgan fingerprint density at radius 3 is 2.09 bits per heavy atom. The number of allylic oxidation sites excluding steroid dienone is 6. The number of piperidine rings is 1. The van der Waals surface area contributed by atoms with Gasteiger partial charge in [0.25, 0.3) is 11.7 Å². The fourth-order valence-corrected chi connectivity index (χ4v) is 18.1. The summed E-state index contributed by atoms with van der Waals surface area (Å²) in [5, 5.41) is 47.7. The first-order valence-electron chi connectivity index (χ1n) is 45.8. The number of nitrogen functional groups attached to an aromatic ring is 1. The first-order chi connectivity index (χ1) is 61.0. The molecule has 2 saturated heterocycles. The van der Waals surface area contributed by atoms with Crippen LogP contribution in [0.25, 0.3) is 16.7 Å². The minimum atomic E-state index is -2.46. The highest BCUT2D eigenvalue weighted by molar-refractivity contribution is 6.39. The minimum Gasteiger partial charge on any atom is -0.460 e. The number of oxazole rings is 1. The molecule has 6 aliphatic rings. The van der Waals surface area contributed by atoms with E-state index in [4.69, 9.17) is 81.3 Å². The van der Waals surface area contributed by atoms with Crippen molar-refractivity contribution in [2.24, 2.45) is 35.5 Å². The van der Waals surface area contributed by atoms with E-state index in [9.17, 15) is 34.5 Å². The minimum absolute atomic E-state index is 0. The summed E-state index contributed by atoms with van der Waals surface area (Å²) >= 11 is 0. The highest BCUT2D eigenvalue weighted by Gasteiger charge is 2.54. The molecule has 9 N–H and O–H groups in total. The zero-order chi connectivity index (χ0) is 89.9. The molecule has 4 bridgehead atoms. The summed E-state index contributed by atoms with van der Waals surface area (Å²) in [7, 11) is 4.79. The number of hydroxylamine groups is 1. The molecule has 1 saturated carbocycles. The Labute approximate surface area is 749 Å². The van der Waals surface area contributed by atoms with Crippen molar-refractivity contribution in [2.45, 2.75) is 238 Å². The number of nitrogens with two attached hydrogens (primary N) is 1. The number of cyclic esters (lactones) is 1. The predicted molar refractivity (Wildman–Crippen MR) is 477 cm³/mol. The number of aromatic nitrogens is 4. The fraction of sp³-hybridized carbons (Fsp3) is 0.684. The third-order valence-corrected chi connectivity index (χ3v) is 25.3. The number of aliphatic hydroxyl groups is 3. The molecule has 0 radical (unpaired) electrons. The van der Waals surface area contributed by atoms with Gasteiger partial charge >= 0.3 is 5.97 Å². The fourth-order valence-electron chi connectivity index (χ4n) is 18.1. The number of aliphatic hydroxyl groups excluding tert-OH is 2. The molecule has 4 aliphatic heterocycles. The highest BCUT2D eigenvalue weighted by Crippen LogP contribution is 2.46. The van der Waals surface area contributed by atoms with E-state index in [1.807, 2.05) is 88.5 Å². The quantitative estimate of drug-likeness (QED) is 0.00598. The summed E-state index contributed by atoms with van der Waals surface area (Å²) in [5.41, 5.74) is 16.9. The molecule has 708 valence electrons. The molecule has 2 amide bonds. The van der Waals surface area contributed by atoms with Crippen LogP contribution >= 0.6 is 0 Å². The second kappa shape index (κ2) is 53.7. The van der Waals surface area contributed by atoms with E-state index >= 15 is 0 Å². The number of amides is 2. The number of ketones is 1. The lowest BCUT2D eigenvalue weighted by atomic mass is 9.78. The zero-order valence-corrected chi connectivity index (χ0v) is 77.0. The number of carbonyl (C=O) groups excluding carboxylic acids is 4. The number of rotatable bonds is 44. The Hall–Kier alpha value is -7.58. The summed E-state index contributed by atoms with van der Waals surface area (Å²) in [4.78, 5) is 69.2. The maximum Gasteiger partial charge on any atom is 0.329 e. The van der Waals surface area contributed by atoms with Gasteiger partial charge in [-0.1, -0.05) is 94.8 Å². The van der Waals surface area contributed by atoms with Gasteiger partial charge in [-0.2, -0.15) is 0 Å². The van der Waals surface area contributed by atoms with Crippen molar-refractivity contribution in [3.05, 3.63) is 125 Å². The first-order valence-corrected chi connectivity index (χ1v) is 45.8. The van der Waals surface area contributed by atoms with E-state index in [1.165, 1.54) is 16.9 Å². The average molecular weight is 1780 g/mol. The summed E-state index contributed by atoms with van der Waals surface area (Å²) in [6.07, 6.45) is 19.2. The third kappa shape index (κ3) is 30.2. The van der Waals surface area contributed by atoms with Crippen LogP contribution in [-0.4, -0.2) is 282 Å². The van der Waals surface area contributed by atoms with Crippen molar-refractivity contribution in [3.63, 3.8) is 0 Å². The Bertz CT molecular complexity index is 4220. The van der Waals surface area contributed by atoms with E-state index in [1.54, 1.807) is 37.7 Å². The molecule has 6 heterocycles. The van der Waals surface area contributed by atoms with E-state index < -0.39 is 78.1 Å². The van der Waals surface area contributed by atoms with Crippen LogP contribution in [0.2, 0.25) is 0 Å². The summed E-state index contributed by atoms with van der Waals surface area (Å²) < 4.78 is 92.1. The standard InChI is InChI=1S/C95H142N8O23.H3N/c1-12-122-84-59-85(66(5)54-70-27-30-81(104)86(55-70)112-10)125-94(109)80-25-16-18-34-102(80)93(108)92(107)95(110)69(8)26-29-74(126-95)58-83(111-9)63(2)20-13-14-24-79-64(3)52-67(6)89(91(113-11)90(106)68(7)53-65(84)4)103(79)124-61-73-60-101(100-99-73)35-37-115-39-41-117-43-45-119-47-49-121-51-50-120-48-46-118-44-42-116-40-38-114-36-32-87(105)97-33-17-15-21-71-56-76(88-75(71)22-19-23-77(88)96)72-28-31-82-78(57-72)98-62-123-82;/h13-14,19-20,22-24,28,31,53,56-57,60,62,64-67,69-71,74,80-81,83-86,90-91,104,106,110H,12,15-18,21,25-27,29-30,32-52,54-55,58-59,61,96H2,1-11H3;1H3/p+1/b14-13+,63-20+,68-53+,79-24-;/t64-,65+,66+,67+,69+,70-,71?,74-,80-,81+,83-,84+,85-,86+,90+,91-,95+;/m0./s1. The molecule has 32 nitrogen and oxygen atoms in total. The van der Waals surface area contributed by atoms with Crippen molar-refractivity contribution < 1.29 is 115 Å². The van der Waals surface area contributed by atoms with Gasteiger partial charge in [0.1, 0.15) is 29.5 Å². The molecule has 17 atom stereocenters. The second-order valence-corrected chi connectivity index (χ2v) is 34.4. The van der Waals surface area contributed by atoms with Gasteiger partial charge in [0.2, 0.25) is 29.7 Å². The third-order valence-electron chi connectivity index (χ3n) is 25.3. The summed E-state index contributed by atoms with van der Waals surface area (Å²) in [5.74, 6) is -6.31. The van der Waals surface area contributed by atoms with Crippen LogP contribution in [0, 0.1) is 35.5 Å². The maximum absolute atomic E-state index is 15.0. The Kier molecular flexibility index (Phi) is 43.6. The number of carbonyl (C=O) groups is 4. The number of hydrogen-bond donors (Lipinski definition) is 6. The molecule has 4 aromatic rings. The van der Waals surface area contributed by atoms with Crippen LogP contribution in [0.15, 0.2) is 107 Å². The van der Waals surface area contributed by atoms with E-state index in [0.29, 0.717) is 194 Å². The molecular formula is C95H146N9O23+. The Balaban J connectivity index is 0.0000182. The largest absolute Gasteiger partial charge is 0.460 e. The molecule has 2 aromatic carbocycles. The number of methoxy groups -OCH3 is 3. The van der Waals surface area contributed by atoms with Crippen molar-refractivity contribution in [3.8, 4) is 0 Å². The van der Waals surface area contributed by atoms with Crippen molar-refractivity contribution in [2.75, 3.05) is 152 Å².